The third-order valence-corrected chi connectivity index (χ3v) is 5.38. The Morgan fingerprint density at radius 2 is 1.77 bits per heavy atom. The molecule has 0 unspecified atom stereocenters. The van der Waals surface area contributed by atoms with Crippen LogP contribution in [0.1, 0.15) is 11.4 Å². The van der Waals surface area contributed by atoms with Gasteiger partial charge in [0.15, 0.2) is 11.8 Å². The summed E-state index contributed by atoms with van der Waals surface area (Å²) in [6, 6.07) is 17.0. The molecule has 1 aromatic heterocycles. The molecule has 0 atom stereocenters. The number of hydrogen-bond acceptors (Lipinski definition) is 6. The number of nitrogens with one attached hydrogen (secondary N) is 1. The molecule has 8 nitrogen and oxygen atoms in total. The molecule has 0 aliphatic heterocycles. The topological polar surface area (TPSA) is 89.3 Å². The van der Waals surface area contributed by atoms with Crippen LogP contribution < -0.4 is 10.1 Å². The number of benzene rings is 2. The number of carbonyl (C=O) groups is 2. The van der Waals surface area contributed by atoms with Crippen LogP contribution in [0.25, 0.3) is 0 Å². The monoisotopic (exact) mass is 439 g/mol. The zero-order chi connectivity index (χ0) is 22.2. The van der Waals surface area contributed by atoms with Crippen LogP contribution in [0.15, 0.2) is 59.8 Å². The van der Waals surface area contributed by atoms with Crippen LogP contribution in [0.4, 0.5) is 5.69 Å². The van der Waals surface area contributed by atoms with Crippen molar-refractivity contribution in [1.82, 2.24) is 19.7 Å². The third-order valence-electron chi connectivity index (χ3n) is 4.42. The number of aryl methyl sites for hydroxylation is 1. The zero-order valence-electron chi connectivity index (χ0n) is 17.7. The van der Waals surface area contributed by atoms with E-state index in [0.29, 0.717) is 23.1 Å². The molecule has 0 fully saturated rings. The Labute approximate surface area is 185 Å². The van der Waals surface area contributed by atoms with Gasteiger partial charge in [-0.25, -0.2) is 0 Å². The normalized spacial score (nSPS) is 10.5. The van der Waals surface area contributed by atoms with Gasteiger partial charge in [0, 0.05) is 19.8 Å². The Bertz CT molecular complexity index is 1020. The Morgan fingerprint density at radius 3 is 2.45 bits per heavy atom. The highest BCUT2D eigenvalue weighted by Crippen LogP contribution is 2.20. The van der Waals surface area contributed by atoms with Crippen molar-refractivity contribution in [3.8, 4) is 5.75 Å². The lowest BCUT2D eigenvalue weighted by molar-refractivity contribution is -0.130. The summed E-state index contributed by atoms with van der Waals surface area (Å²) in [5, 5.41) is 11.9. The SMILES string of the molecule is Cc1nnc(SCC(=O)Nc2ccc(OCC(=O)N(C)C)cc2)n1Cc1ccccc1. The summed E-state index contributed by atoms with van der Waals surface area (Å²) in [4.78, 5) is 25.4. The largest absolute Gasteiger partial charge is 0.484 e. The molecule has 0 saturated carbocycles. The van der Waals surface area contributed by atoms with Crippen molar-refractivity contribution in [2.75, 3.05) is 31.8 Å². The van der Waals surface area contributed by atoms with Crippen molar-refractivity contribution in [2.24, 2.45) is 0 Å². The van der Waals surface area contributed by atoms with Crippen molar-refractivity contribution < 1.29 is 14.3 Å². The molecule has 3 aromatic rings. The smallest absolute Gasteiger partial charge is 0.259 e. The highest BCUT2D eigenvalue weighted by atomic mass is 32.2. The average Bonchev–Trinajstić information content (AvgIpc) is 3.11. The molecule has 162 valence electrons. The Hall–Kier alpha value is -3.33. The van der Waals surface area contributed by atoms with E-state index in [4.69, 9.17) is 4.74 Å². The minimum absolute atomic E-state index is 0.0293. The van der Waals surface area contributed by atoms with E-state index in [1.165, 1.54) is 16.7 Å². The molecule has 2 aromatic carbocycles. The second-order valence-corrected chi connectivity index (χ2v) is 7.98. The van der Waals surface area contributed by atoms with E-state index in [1.807, 2.05) is 41.8 Å². The second-order valence-electron chi connectivity index (χ2n) is 7.04. The first kappa shape index (κ1) is 22.4. The molecule has 1 N–H and O–H groups in total. The Balaban J connectivity index is 1.51. The van der Waals surface area contributed by atoms with Gasteiger partial charge in [0.25, 0.3) is 5.91 Å². The van der Waals surface area contributed by atoms with Crippen LogP contribution in [0.5, 0.6) is 5.75 Å². The standard InChI is InChI=1S/C22H25N5O3S/c1-16-24-25-22(27(16)13-17-7-5-4-6-8-17)31-15-20(28)23-18-9-11-19(12-10-18)30-14-21(29)26(2)3/h4-12H,13-15H2,1-3H3,(H,23,28). The van der Waals surface area contributed by atoms with Gasteiger partial charge >= 0.3 is 0 Å². The molecule has 9 heteroatoms. The summed E-state index contributed by atoms with van der Waals surface area (Å²) in [5.41, 5.74) is 1.80. The summed E-state index contributed by atoms with van der Waals surface area (Å²) < 4.78 is 7.43. The number of carbonyl (C=O) groups excluding carboxylic acids is 2. The maximum Gasteiger partial charge on any atom is 0.259 e. The molecule has 2 amide bonds. The van der Waals surface area contributed by atoms with Crippen molar-refractivity contribution in [2.45, 2.75) is 18.6 Å². The van der Waals surface area contributed by atoms with Crippen molar-refractivity contribution in [3.05, 3.63) is 66.0 Å². The fourth-order valence-corrected chi connectivity index (χ4v) is 3.44. The van der Waals surface area contributed by atoms with E-state index in [0.717, 1.165) is 11.4 Å². The van der Waals surface area contributed by atoms with Crippen LogP contribution in [0.2, 0.25) is 0 Å². The fraction of sp³-hybridized carbons (Fsp3) is 0.273. The molecule has 0 bridgehead atoms. The highest BCUT2D eigenvalue weighted by Gasteiger charge is 2.13. The molecular weight excluding hydrogens is 414 g/mol. The molecule has 3 rings (SSSR count). The van der Waals surface area contributed by atoms with E-state index in [1.54, 1.807) is 38.4 Å². The molecule has 31 heavy (non-hydrogen) atoms. The van der Waals surface area contributed by atoms with Gasteiger partial charge in [-0.3, -0.25) is 9.59 Å². The van der Waals surface area contributed by atoms with E-state index in [9.17, 15) is 9.59 Å². The molecule has 0 radical (unpaired) electrons. The van der Waals surface area contributed by atoms with Crippen molar-refractivity contribution in [3.63, 3.8) is 0 Å². The van der Waals surface area contributed by atoms with Crippen LogP contribution in [-0.2, 0) is 16.1 Å². The number of thioether (sulfide) groups is 1. The van der Waals surface area contributed by atoms with Gasteiger partial charge < -0.3 is 19.5 Å². The zero-order valence-corrected chi connectivity index (χ0v) is 18.6. The fourth-order valence-electron chi connectivity index (χ4n) is 2.65. The predicted molar refractivity (Wildman–Crippen MR) is 120 cm³/mol. The van der Waals surface area contributed by atoms with E-state index in [-0.39, 0.29) is 24.2 Å². The summed E-state index contributed by atoms with van der Waals surface area (Å²) in [6.45, 7) is 2.52. The third kappa shape index (κ3) is 6.58. The summed E-state index contributed by atoms with van der Waals surface area (Å²) in [6.07, 6.45) is 0. The summed E-state index contributed by atoms with van der Waals surface area (Å²) in [5.74, 6) is 1.31. The molecule has 1 heterocycles. The molecule has 0 aliphatic carbocycles. The molecular formula is C22H25N5O3S. The van der Waals surface area contributed by atoms with Crippen LogP contribution >= 0.6 is 11.8 Å². The first-order valence-corrected chi connectivity index (χ1v) is 10.7. The van der Waals surface area contributed by atoms with Crippen LogP contribution in [0.3, 0.4) is 0 Å². The number of ether oxygens (including phenoxy) is 1. The Kier molecular flexibility index (Phi) is 7.66. The van der Waals surface area contributed by atoms with Gasteiger partial charge in [-0.15, -0.1) is 10.2 Å². The highest BCUT2D eigenvalue weighted by molar-refractivity contribution is 7.99. The average molecular weight is 440 g/mol. The van der Waals surface area contributed by atoms with Gasteiger partial charge in [-0.2, -0.15) is 0 Å². The minimum atomic E-state index is -0.145. The first-order valence-electron chi connectivity index (χ1n) is 9.72. The maximum atomic E-state index is 12.4. The summed E-state index contributed by atoms with van der Waals surface area (Å²) >= 11 is 1.34. The van der Waals surface area contributed by atoms with Gasteiger partial charge in [-0.1, -0.05) is 42.1 Å². The summed E-state index contributed by atoms with van der Waals surface area (Å²) in [7, 11) is 3.35. The van der Waals surface area contributed by atoms with Crippen LogP contribution in [-0.4, -0.2) is 57.9 Å². The Morgan fingerprint density at radius 1 is 1.06 bits per heavy atom. The second kappa shape index (κ2) is 10.6. The minimum Gasteiger partial charge on any atom is -0.484 e. The number of rotatable bonds is 9. The number of likely N-dealkylation sites (N-methyl/N-ethyl adjacent to an activating group) is 1. The maximum absolute atomic E-state index is 12.4. The lowest BCUT2D eigenvalue weighted by atomic mass is 10.2. The molecule has 0 aliphatic rings. The quantitative estimate of drug-likeness (QED) is 0.516. The number of aromatic nitrogens is 3. The van der Waals surface area contributed by atoms with E-state index < -0.39 is 0 Å². The molecule has 0 spiro atoms. The van der Waals surface area contributed by atoms with Crippen molar-refractivity contribution >= 4 is 29.3 Å². The number of amides is 2. The van der Waals surface area contributed by atoms with Crippen LogP contribution in [0, 0.1) is 6.92 Å². The lowest BCUT2D eigenvalue weighted by Crippen LogP contribution is -2.27. The number of hydrogen-bond donors (Lipinski definition) is 1. The van der Waals surface area contributed by atoms with Gasteiger partial charge in [-0.05, 0) is 36.8 Å². The number of anilines is 1. The molecule has 0 saturated heterocycles. The lowest BCUT2D eigenvalue weighted by Gasteiger charge is -2.12. The predicted octanol–water partition coefficient (Wildman–Crippen LogP) is 2.83. The van der Waals surface area contributed by atoms with Gasteiger partial charge in [0.05, 0.1) is 12.3 Å². The van der Waals surface area contributed by atoms with E-state index in [2.05, 4.69) is 15.5 Å². The van der Waals surface area contributed by atoms with Crippen molar-refractivity contribution in [1.29, 1.82) is 0 Å². The number of nitrogens with zero attached hydrogens (tertiary/aromatic N) is 4. The van der Waals surface area contributed by atoms with Gasteiger partial charge in [0.1, 0.15) is 11.6 Å². The van der Waals surface area contributed by atoms with E-state index >= 15 is 0 Å². The van der Waals surface area contributed by atoms with Gasteiger partial charge in [0.2, 0.25) is 5.91 Å². The first-order chi connectivity index (χ1) is 14.9.